The molecule has 5 heteroatoms. The van der Waals surface area contributed by atoms with E-state index in [4.69, 9.17) is 0 Å². The van der Waals surface area contributed by atoms with Crippen molar-refractivity contribution in [2.24, 2.45) is 0 Å². The Kier molecular flexibility index (Phi) is 6.18. The summed E-state index contributed by atoms with van der Waals surface area (Å²) in [5.41, 5.74) is 0.188. The number of aliphatic hydroxyl groups is 1. The van der Waals surface area contributed by atoms with Gasteiger partial charge < -0.3 is 20.6 Å². The number of nitrogens with one attached hydrogen (secondary N) is 1. The lowest BCUT2D eigenvalue weighted by Crippen LogP contribution is -2.46. The molecule has 0 saturated heterocycles. The van der Waals surface area contributed by atoms with Gasteiger partial charge in [-0.1, -0.05) is 42.2 Å². The first-order valence-electron chi connectivity index (χ1n) is 7.90. The molecule has 0 radical (unpaired) electrons. The van der Waals surface area contributed by atoms with Crippen LogP contribution in [0.4, 0.5) is 0 Å². The summed E-state index contributed by atoms with van der Waals surface area (Å²) in [6.07, 6.45) is 0.234. The van der Waals surface area contributed by atoms with E-state index in [9.17, 15) is 20.1 Å². The van der Waals surface area contributed by atoms with E-state index in [0.717, 1.165) is 11.1 Å². The highest BCUT2D eigenvalue weighted by molar-refractivity contribution is 5.74. The van der Waals surface area contributed by atoms with Gasteiger partial charge >= 0.3 is 5.97 Å². The fraction of sp³-hybridized carbons (Fsp3) is 0.250. The molecule has 2 rings (SSSR count). The van der Waals surface area contributed by atoms with Crippen molar-refractivity contribution in [1.29, 1.82) is 0 Å². The maximum atomic E-state index is 11.4. The van der Waals surface area contributed by atoms with Gasteiger partial charge in [0.05, 0.1) is 0 Å². The van der Waals surface area contributed by atoms with Gasteiger partial charge in [0.1, 0.15) is 17.4 Å². The number of carboxylic acid groups (broad SMARTS) is 1. The molecule has 0 amide bonds. The van der Waals surface area contributed by atoms with Gasteiger partial charge in [-0.2, -0.15) is 0 Å². The first-order valence-corrected chi connectivity index (χ1v) is 7.90. The molecule has 0 heterocycles. The summed E-state index contributed by atoms with van der Waals surface area (Å²) in [6, 6.07) is 14.7. The van der Waals surface area contributed by atoms with Crippen molar-refractivity contribution < 1.29 is 20.1 Å². The quantitative estimate of drug-likeness (QED) is 0.603. The van der Waals surface area contributed by atoms with Crippen molar-refractivity contribution in [3.05, 3.63) is 65.7 Å². The van der Waals surface area contributed by atoms with Crippen LogP contribution in [-0.2, 0) is 11.2 Å². The number of hydrogen-bond acceptors (Lipinski definition) is 4. The molecule has 0 spiro atoms. The third-order valence-corrected chi connectivity index (χ3v) is 3.62. The molecule has 0 aliphatic heterocycles. The summed E-state index contributed by atoms with van der Waals surface area (Å²) in [6.45, 7) is 1.55. The SMILES string of the molecule is C[C@](O)(C#Cc1ccccc1)CN[C@H](Cc1ccc(O)cc1)C(=O)O. The Morgan fingerprint density at radius 1 is 1.16 bits per heavy atom. The van der Waals surface area contributed by atoms with Crippen LogP contribution >= 0.6 is 0 Å². The van der Waals surface area contributed by atoms with Crippen LogP contribution in [-0.4, -0.2) is 39.5 Å². The van der Waals surface area contributed by atoms with Gasteiger partial charge in [0.15, 0.2) is 0 Å². The van der Waals surface area contributed by atoms with Crippen LogP contribution in [0.2, 0.25) is 0 Å². The molecule has 0 saturated carbocycles. The second-order valence-electron chi connectivity index (χ2n) is 6.03. The first-order chi connectivity index (χ1) is 11.9. The van der Waals surface area contributed by atoms with Gasteiger partial charge in [0.2, 0.25) is 0 Å². The molecule has 0 aliphatic carbocycles. The molecule has 5 nitrogen and oxygen atoms in total. The van der Waals surface area contributed by atoms with Gasteiger partial charge in [-0.15, -0.1) is 0 Å². The minimum absolute atomic E-state index is 0.0158. The molecule has 0 aromatic heterocycles. The van der Waals surface area contributed by atoms with Crippen LogP contribution in [0.15, 0.2) is 54.6 Å². The van der Waals surface area contributed by atoms with Crippen molar-refractivity contribution >= 4 is 5.97 Å². The normalized spacial score (nSPS) is 14.0. The van der Waals surface area contributed by atoms with Crippen molar-refractivity contribution in [3.63, 3.8) is 0 Å². The van der Waals surface area contributed by atoms with E-state index in [2.05, 4.69) is 17.2 Å². The average Bonchev–Trinajstić information content (AvgIpc) is 2.59. The number of aliphatic carboxylic acids is 1. The molecular weight excluding hydrogens is 318 g/mol. The lowest BCUT2D eigenvalue weighted by Gasteiger charge is -2.21. The lowest BCUT2D eigenvalue weighted by atomic mass is 10.0. The zero-order valence-corrected chi connectivity index (χ0v) is 13.9. The minimum atomic E-state index is -1.36. The van der Waals surface area contributed by atoms with Crippen molar-refractivity contribution in [2.75, 3.05) is 6.54 Å². The lowest BCUT2D eigenvalue weighted by molar-refractivity contribution is -0.139. The third kappa shape index (κ3) is 6.30. The van der Waals surface area contributed by atoms with Crippen molar-refractivity contribution in [3.8, 4) is 17.6 Å². The summed E-state index contributed by atoms with van der Waals surface area (Å²) >= 11 is 0. The van der Waals surface area contributed by atoms with Crippen LogP contribution in [0.3, 0.4) is 0 Å². The van der Waals surface area contributed by atoms with Gasteiger partial charge in [0.25, 0.3) is 0 Å². The molecule has 2 aromatic rings. The van der Waals surface area contributed by atoms with Gasteiger partial charge in [-0.25, -0.2) is 0 Å². The fourth-order valence-electron chi connectivity index (χ4n) is 2.21. The van der Waals surface area contributed by atoms with Crippen LogP contribution in [0.25, 0.3) is 0 Å². The Morgan fingerprint density at radius 2 is 1.80 bits per heavy atom. The molecule has 0 bridgehead atoms. The Hall–Kier alpha value is -2.81. The molecule has 2 atom stereocenters. The summed E-state index contributed by atoms with van der Waals surface area (Å²) in [5, 5.41) is 31.8. The first kappa shape index (κ1) is 18.5. The van der Waals surface area contributed by atoms with Crippen LogP contribution in [0.5, 0.6) is 5.75 Å². The summed E-state index contributed by atoms with van der Waals surface area (Å²) in [5.74, 6) is 4.75. The second-order valence-corrected chi connectivity index (χ2v) is 6.03. The molecule has 25 heavy (non-hydrogen) atoms. The summed E-state index contributed by atoms with van der Waals surface area (Å²) < 4.78 is 0. The molecule has 0 aliphatic rings. The van der Waals surface area contributed by atoms with Crippen molar-refractivity contribution in [2.45, 2.75) is 25.0 Å². The van der Waals surface area contributed by atoms with E-state index >= 15 is 0 Å². The van der Waals surface area contributed by atoms with E-state index in [1.807, 2.05) is 30.3 Å². The number of benzene rings is 2. The fourth-order valence-corrected chi connectivity index (χ4v) is 2.21. The maximum absolute atomic E-state index is 11.4. The van der Waals surface area contributed by atoms with Gasteiger partial charge in [-0.05, 0) is 43.2 Å². The van der Waals surface area contributed by atoms with E-state index < -0.39 is 17.6 Å². The smallest absolute Gasteiger partial charge is 0.321 e. The molecular formula is C20H21NO4. The highest BCUT2D eigenvalue weighted by atomic mass is 16.4. The summed E-state index contributed by atoms with van der Waals surface area (Å²) in [7, 11) is 0. The standard InChI is InChI=1S/C20H21NO4/c1-20(25,12-11-15-5-3-2-4-6-15)14-21-18(19(23)24)13-16-7-9-17(22)10-8-16/h2-10,18,21-22,25H,13-14H2,1H3,(H,23,24)/t18-,20+/m1/s1. The zero-order chi connectivity index (χ0) is 18.3. The number of phenols is 1. The van der Waals surface area contributed by atoms with E-state index in [-0.39, 0.29) is 18.7 Å². The highest BCUT2D eigenvalue weighted by Crippen LogP contribution is 2.12. The summed E-state index contributed by atoms with van der Waals surface area (Å²) in [4.78, 5) is 11.4. The molecule has 4 N–H and O–H groups in total. The topological polar surface area (TPSA) is 89.8 Å². The van der Waals surface area contributed by atoms with E-state index in [1.165, 1.54) is 19.1 Å². The minimum Gasteiger partial charge on any atom is -0.508 e. The van der Waals surface area contributed by atoms with Crippen LogP contribution < -0.4 is 5.32 Å². The third-order valence-electron chi connectivity index (χ3n) is 3.62. The monoisotopic (exact) mass is 339 g/mol. The van der Waals surface area contributed by atoms with Gasteiger partial charge in [-0.3, -0.25) is 4.79 Å². The Morgan fingerprint density at radius 3 is 2.40 bits per heavy atom. The number of aromatic hydroxyl groups is 1. The zero-order valence-electron chi connectivity index (χ0n) is 13.9. The Labute approximate surface area is 147 Å². The number of rotatable bonds is 6. The largest absolute Gasteiger partial charge is 0.508 e. The molecule has 2 aromatic carbocycles. The number of carbonyl (C=O) groups is 1. The Balaban J connectivity index is 1.98. The second kappa shape index (κ2) is 8.34. The highest BCUT2D eigenvalue weighted by Gasteiger charge is 2.23. The van der Waals surface area contributed by atoms with Gasteiger partial charge in [0, 0.05) is 12.1 Å². The maximum Gasteiger partial charge on any atom is 0.321 e. The van der Waals surface area contributed by atoms with E-state index in [0.29, 0.717) is 0 Å². The van der Waals surface area contributed by atoms with Crippen molar-refractivity contribution in [1.82, 2.24) is 5.32 Å². The number of phenolic OH excluding ortho intramolecular Hbond substituents is 1. The Bertz CT molecular complexity index is 758. The van der Waals surface area contributed by atoms with E-state index in [1.54, 1.807) is 12.1 Å². The molecule has 130 valence electrons. The molecule has 0 fully saturated rings. The van der Waals surface area contributed by atoms with Crippen LogP contribution in [0.1, 0.15) is 18.1 Å². The number of carboxylic acids is 1. The average molecular weight is 339 g/mol. The van der Waals surface area contributed by atoms with Crippen LogP contribution in [0, 0.1) is 11.8 Å². The predicted octanol–water partition coefficient (Wildman–Crippen LogP) is 1.78. The molecule has 0 unspecified atom stereocenters. The predicted molar refractivity (Wildman–Crippen MR) is 95.2 cm³/mol. The number of hydrogen-bond donors (Lipinski definition) is 4.